The molecule has 0 aromatic heterocycles. The first-order valence-electron chi connectivity index (χ1n) is 3.93. The number of nitro groups is 1. The third-order valence-corrected chi connectivity index (χ3v) is 3.25. The number of halogens is 1. The van der Waals surface area contributed by atoms with E-state index in [2.05, 4.69) is 15.9 Å². The molecule has 0 bridgehead atoms. The molecule has 0 saturated heterocycles. The number of hydrogen-bond donors (Lipinski definition) is 0. The van der Waals surface area contributed by atoms with Crippen LogP contribution in [-0.2, 0) is 0 Å². The lowest BCUT2D eigenvalue weighted by Gasteiger charge is -2.21. The highest BCUT2D eigenvalue weighted by Gasteiger charge is 2.27. The summed E-state index contributed by atoms with van der Waals surface area (Å²) in [4.78, 5) is 10.2. The SMILES string of the molecule is O=[N+]([O-])C1CCC(CBr)CC1. The van der Waals surface area contributed by atoms with Crippen molar-refractivity contribution in [2.75, 3.05) is 5.33 Å². The summed E-state index contributed by atoms with van der Waals surface area (Å²) in [5.41, 5.74) is 0. The van der Waals surface area contributed by atoms with Crippen molar-refractivity contribution in [2.24, 2.45) is 5.92 Å². The van der Waals surface area contributed by atoms with Crippen LogP contribution in [0.25, 0.3) is 0 Å². The molecule has 0 heterocycles. The standard InChI is InChI=1S/C7H12BrNO2/c8-5-6-1-3-7(4-2-6)9(10)11/h6-7H,1-5H2. The summed E-state index contributed by atoms with van der Waals surface area (Å²) in [6, 6.07) is -0.259. The third-order valence-electron chi connectivity index (χ3n) is 2.33. The summed E-state index contributed by atoms with van der Waals surface area (Å²) in [6.45, 7) is 0. The van der Waals surface area contributed by atoms with E-state index in [4.69, 9.17) is 0 Å². The Morgan fingerprint density at radius 2 is 1.91 bits per heavy atom. The predicted molar refractivity (Wildman–Crippen MR) is 46.5 cm³/mol. The second kappa shape index (κ2) is 4.04. The van der Waals surface area contributed by atoms with Crippen LogP contribution in [0.1, 0.15) is 25.7 Å². The van der Waals surface area contributed by atoms with Crippen LogP contribution < -0.4 is 0 Å². The summed E-state index contributed by atoms with van der Waals surface area (Å²) < 4.78 is 0. The highest BCUT2D eigenvalue weighted by Crippen LogP contribution is 2.26. The normalized spacial score (nSPS) is 31.7. The smallest absolute Gasteiger partial charge is 0.213 e. The molecule has 0 unspecified atom stereocenters. The summed E-state index contributed by atoms with van der Waals surface area (Å²) >= 11 is 3.40. The molecule has 4 heteroatoms. The molecule has 0 radical (unpaired) electrons. The van der Waals surface area contributed by atoms with Crippen molar-refractivity contribution in [2.45, 2.75) is 31.7 Å². The van der Waals surface area contributed by atoms with Crippen LogP contribution in [0.3, 0.4) is 0 Å². The van der Waals surface area contributed by atoms with E-state index in [9.17, 15) is 10.1 Å². The Labute approximate surface area is 74.4 Å². The molecule has 0 N–H and O–H groups in total. The van der Waals surface area contributed by atoms with E-state index >= 15 is 0 Å². The van der Waals surface area contributed by atoms with Crippen LogP contribution in [0.5, 0.6) is 0 Å². The van der Waals surface area contributed by atoms with Gasteiger partial charge in [-0.3, -0.25) is 10.1 Å². The van der Waals surface area contributed by atoms with Crippen LogP contribution in [-0.4, -0.2) is 16.3 Å². The van der Waals surface area contributed by atoms with Gasteiger partial charge in [-0.1, -0.05) is 15.9 Å². The first-order chi connectivity index (χ1) is 5.24. The van der Waals surface area contributed by atoms with Crippen LogP contribution in [0, 0.1) is 16.0 Å². The Hall–Kier alpha value is -0.120. The average Bonchev–Trinajstić information content (AvgIpc) is 2.05. The maximum absolute atomic E-state index is 10.3. The second-order valence-corrected chi connectivity index (χ2v) is 3.76. The molecule has 1 fully saturated rings. The van der Waals surface area contributed by atoms with Gasteiger partial charge in [-0.25, -0.2) is 0 Å². The zero-order chi connectivity index (χ0) is 8.27. The van der Waals surface area contributed by atoms with Crippen LogP contribution >= 0.6 is 15.9 Å². The van der Waals surface area contributed by atoms with Crippen molar-refractivity contribution in [1.82, 2.24) is 0 Å². The highest BCUT2D eigenvalue weighted by molar-refractivity contribution is 9.09. The second-order valence-electron chi connectivity index (χ2n) is 3.11. The van der Waals surface area contributed by atoms with E-state index in [1.54, 1.807) is 0 Å². The van der Waals surface area contributed by atoms with Gasteiger partial charge in [0, 0.05) is 23.1 Å². The predicted octanol–water partition coefficient (Wildman–Crippen LogP) is 2.22. The fourth-order valence-corrected chi connectivity index (χ4v) is 2.16. The molecular formula is C7H12BrNO2. The lowest BCUT2D eigenvalue weighted by atomic mass is 9.88. The minimum atomic E-state index is -0.259. The molecule has 64 valence electrons. The quantitative estimate of drug-likeness (QED) is 0.408. The highest BCUT2D eigenvalue weighted by atomic mass is 79.9. The van der Waals surface area contributed by atoms with Crippen molar-refractivity contribution < 1.29 is 4.92 Å². The molecule has 0 amide bonds. The summed E-state index contributed by atoms with van der Waals surface area (Å²) in [7, 11) is 0. The van der Waals surface area contributed by atoms with Gasteiger partial charge in [0.05, 0.1) is 0 Å². The molecule has 1 rings (SSSR count). The topological polar surface area (TPSA) is 43.1 Å². The zero-order valence-electron chi connectivity index (χ0n) is 6.33. The average molecular weight is 222 g/mol. The molecule has 0 atom stereocenters. The fraction of sp³-hybridized carbons (Fsp3) is 1.00. The number of hydrogen-bond acceptors (Lipinski definition) is 2. The maximum Gasteiger partial charge on any atom is 0.213 e. The molecule has 3 nitrogen and oxygen atoms in total. The van der Waals surface area contributed by atoms with Crippen molar-refractivity contribution in [3.8, 4) is 0 Å². The molecule has 0 aromatic carbocycles. The minimum absolute atomic E-state index is 0.134. The molecule has 0 aromatic rings. The monoisotopic (exact) mass is 221 g/mol. The number of rotatable bonds is 2. The largest absolute Gasteiger partial charge is 0.264 e. The van der Waals surface area contributed by atoms with E-state index < -0.39 is 0 Å². The Morgan fingerprint density at radius 1 is 1.36 bits per heavy atom. The van der Waals surface area contributed by atoms with Gasteiger partial charge < -0.3 is 0 Å². The van der Waals surface area contributed by atoms with Crippen molar-refractivity contribution in [1.29, 1.82) is 0 Å². The van der Waals surface area contributed by atoms with Gasteiger partial charge >= 0.3 is 0 Å². The zero-order valence-corrected chi connectivity index (χ0v) is 7.92. The summed E-state index contributed by atoms with van der Waals surface area (Å²) in [6.07, 6.45) is 3.56. The van der Waals surface area contributed by atoms with Gasteiger partial charge in [0.2, 0.25) is 6.04 Å². The van der Waals surface area contributed by atoms with Gasteiger partial charge in [-0.2, -0.15) is 0 Å². The number of nitrogens with zero attached hydrogens (tertiary/aromatic N) is 1. The Morgan fingerprint density at radius 3 is 2.27 bits per heavy atom. The Bertz CT molecular complexity index is 143. The van der Waals surface area contributed by atoms with Crippen molar-refractivity contribution in [3.63, 3.8) is 0 Å². The van der Waals surface area contributed by atoms with Gasteiger partial charge in [-0.15, -0.1) is 0 Å². The van der Waals surface area contributed by atoms with Crippen molar-refractivity contribution >= 4 is 15.9 Å². The molecule has 11 heavy (non-hydrogen) atoms. The third kappa shape index (κ3) is 2.43. The van der Waals surface area contributed by atoms with E-state index in [0.717, 1.165) is 31.0 Å². The first kappa shape index (κ1) is 8.97. The van der Waals surface area contributed by atoms with Gasteiger partial charge in [0.1, 0.15) is 0 Å². The molecular weight excluding hydrogens is 210 g/mol. The number of alkyl halides is 1. The lowest BCUT2D eigenvalue weighted by Crippen LogP contribution is -2.26. The first-order valence-corrected chi connectivity index (χ1v) is 5.05. The minimum Gasteiger partial charge on any atom is -0.264 e. The Balaban J connectivity index is 2.30. The van der Waals surface area contributed by atoms with Gasteiger partial charge in [0.15, 0.2) is 0 Å². The van der Waals surface area contributed by atoms with Gasteiger partial charge in [-0.05, 0) is 18.8 Å². The lowest BCUT2D eigenvalue weighted by molar-refractivity contribution is -0.526. The van der Waals surface area contributed by atoms with Crippen LogP contribution in [0.15, 0.2) is 0 Å². The fourth-order valence-electron chi connectivity index (χ4n) is 1.51. The van der Waals surface area contributed by atoms with Crippen LogP contribution in [0.2, 0.25) is 0 Å². The van der Waals surface area contributed by atoms with E-state index in [1.807, 2.05) is 0 Å². The van der Waals surface area contributed by atoms with E-state index in [1.165, 1.54) is 0 Å². The molecule has 1 saturated carbocycles. The van der Waals surface area contributed by atoms with Crippen molar-refractivity contribution in [3.05, 3.63) is 10.1 Å². The molecule has 1 aliphatic carbocycles. The van der Waals surface area contributed by atoms with E-state index in [-0.39, 0.29) is 11.0 Å². The summed E-state index contributed by atoms with van der Waals surface area (Å²) in [5.74, 6) is 0.672. The molecule has 0 aliphatic heterocycles. The van der Waals surface area contributed by atoms with Crippen LogP contribution in [0.4, 0.5) is 0 Å². The van der Waals surface area contributed by atoms with Gasteiger partial charge in [0.25, 0.3) is 0 Å². The summed E-state index contributed by atoms with van der Waals surface area (Å²) in [5, 5.41) is 11.3. The molecule has 1 aliphatic rings. The molecule has 0 spiro atoms. The Kier molecular flexibility index (Phi) is 3.30. The van der Waals surface area contributed by atoms with E-state index in [0.29, 0.717) is 5.92 Å². The maximum atomic E-state index is 10.3.